The Kier molecular flexibility index (Phi) is 62.0. The minimum atomic E-state index is -1.06. The van der Waals surface area contributed by atoms with E-state index in [0.29, 0.717) is 51.3 Å². The first-order valence-corrected chi connectivity index (χ1v) is 39.7. The van der Waals surface area contributed by atoms with Gasteiger partial charge in [0.2, 0.25) is 0 Å². The standard InChI is InChI=1S/C20H20N4O7.C20H22N4O5.C14H16N2O6.C14H20O2.C7H7NO2.C7H12O4.C6H6N2O3.4CH4/c1-3-30-19(26)17(20(27)31-4-2)23-22-14-10-8-13(9-11-14)18(25)21-15-6-5-7-16(12-15)24(28)29;1-3-28-19(26)17(20(27)29-4-2)24-23-15-10-8-13(9-11-15)18(25)22-16-7-5-6-14(21)12-16;1-3-21-13(19)11(14(20)22-4-2)16-15-10-7-5-9(6-8-10)12(17)18;1-3-12(10-9-11(2)14(15)16)13-7-5-4-6-8-13;8-6-3-1-5(2-4-6)7(9)10;1-3-10-6(8)5-7(9)11-4-2;7-5-2-1-3-6(4-5)11-8(9)10;;;;/h5-12,22H,3-4H2,1-2H3,(H,21,25);5-12,23H,3-4,21H2,1-2H3,(H,22,25);5-8,15H,3-4H2,1-2H3,(H,17,18);4-8,11-12H,3,9-10H2,1-2H3,(H,15,16);1-4H,8H2,(H,9,10);3-5H2,1-2H3;1-4H,7H2;4*1H4. The fraction of sp³-hybridized carbons (Fsp3) is 0.304. The number of nitrogens with one attached hydrogen (secondary N) is 5. The van der Waals surface area contributed by atoms with Crippen LogP contribution >= 0.6 is 0 Å². The van der Waals surface area contributed by atoms with Gasteiger partial charge in [0, 0.05) is 51.7 Å². The molecule has 0 bridgehead atoms. The maximum atomic E-state index is 12.3. The third-order valence-electron chi connectivity index (χ3n) is 15.8. The Morgan fingerprint density at radius 1 is 0.373 bits per heavy atom. The minimum Gasteiger partial charge on any atom is -0.481 e. The summed E-state index contributed by atoms with van der Waals surface area (Å²) in [5.41, 5.74) is 28.3. The molecule has 42 heteroatoms. The lowest BCUT2D eigenvalue weighted by Gasteiger charge is -2.16. The number of rotatable bonds is 37. The molecule has 0 heterocycles. The summed E-state index contributed by atoms with van der Waals surface area (Å²) in [7, 11) is 0. The van der Waals surface area contributed by atoms with Gasteiger partial charge in [-0.3, -0.25) is 55.2 Å². The lowest BCUT2D eigenvalue weighted by molar-refractivity contribution is -0.711. The first kappa shape index (κ1) is 121. The molecule has 726 valence electrons. The smallest absolute Gasteiger partial charge is 0.366 e. The van der Waals surface area contributed by atoms with Crippen molar-refractivity contribution in [2.75, 3.05) is 97.0 Å². The second-order valence-corrected chi connectivity index (χ2v) is 25.4. The van der Waals surface area contributed by atoms with Gasteiger partial charge in [-0.2, -0.15) is 15.3 Å². The van der Waals surface area contributed by atoms with E-state index in [1.165, 1.54) is 103 Å². The number of aliphatic carboxylic acids is 1. The fourth-order valence-corrected chi connectivity index (χ4v) is 9.61. The number of carbonyl (C=O) groups excluding carboxylic acids is 10. The van der Waals surface area contributed by atoms with E-state index in [9.17, 15) is 82.6 Å². The lowest BCUT2D eigenvalue weighted by Crippen LogP contribution is -2.29. The molecule has 8 rings (SSSR count). The van der Waals surface area contributed by atoms with Crippen LogP contribution in [0.4, 0.5) is 51.2 Å². The number of non-ortho nitro benzene ring substituents is 1. The Hall–Kier alpha value is -16.7. The molecular formula is C92H119N13O29. The first-order valence-electron chi connectivity index (χ1n) is 39.7. The predicted molar refractivity (Wildman–Crippen MR) is 506 cm³/mol. The van der Waals surface area contributed by atoms with Crippen LogP contribution < -0.4 is 48.9 Å². The number of hydrazone groups is 3. The molecule has 14 N–H and O–H groups in total. The molecule has 0 aliphatic rings. The number of nitrogens with zero attached hydrogens (tertiary/aromatic N) is 5. The van der Waals surface area contributed by atoms with Gasteiger partial charge in [0.25, 0.3) is 39.7 Å². The molecule has 2 amide bonds. The largest absolute Gasteiger partial charge is 0.481 e. The van der Waals surface area contributed by atoms with Crippen molar-refractivity contribution in [1.29, 1.82) is 0 Å². The first-order chi connectivity index (χ1) is 62.0. The zero-order chi connectivity index (χ0) is 97.0. The molecule has 0 aliphatic heterocycles. The van der Waals surface area contributed by atoms with Gasteiger partial charge in [0.1, 0.15) is 12.2 Å². The van der Waals surface area contributed by atoms with Gasteiger partial charge in [0.05, 0.1) is 91.9 Å². The van der Waals surface area contributed by atoms with Crippen molar-refractivity contribution in [1.82, 2.24) is 0 Å². The average Bonchev–Trinajstić information content (AvgIpc) is 0.852. The molecule has 2 atom stereocenters. The number of anilines is 8. The van der Waals surface area contributed by atoms with Gasteiger partial charge >= 0.3 is 65.7 Å². The summed E-state index contributed by atoms with van der Waals surface area (Å²) in [5.74, 6) is -9.62. The quantitative estimate of drug-likeness (QED) is 0.00328. The molecule has 0 spiro atoms. The van der Waals surface area contributed by atoms with Gasteiger partial charge in [-0.05, 0) is 226 Å². The van der Waals surface area contributed by atoms with Crippen molar-refractivity contribution < 1.29 is 130 Å². The van der Waals surface area contributed by atoms with Crippen LogP contribution in [-0.2, 0) is 81.0 Å². The molecule has 0 radical (unpaired) electrons. The number of nitro benzene ring substituents is 1. The van der Waals surface area contributed by atoms with Crippen molar-refractivity contribution in [3.63, 3.8) is 0 Å². The number of amides is 2. The van der Waals surface area contributed by atoms with Crippen molar-refractivity contribution in [3.05, 3.63) is 248 Å². The molecule has 2 unspecified atom stereocenters. The van der Waals surface area contributed by atoms with Crippen LogP contribution in [0.1, 0.15) is 178 Å². The number of carboxylic acids is 3. The molecule has 0 aromatic heterocycles. The maximum Gasteiger partial charge on any atom is 0.366 e. The van der Waals surface area contributed by atoms with Gasteiger partial charge in [0.15, 0.2) is 0 Å². The number of esters is 8. The van der Waals surface area contributed by atoms with Gasteiger partial charge in [-0.25, -0.2) is 38.4 Å². The third kappa shape index (κ3) is 49.0. The van der Waals surface area contributed by atoms with Crippen LogP contribution in [0.3, 0.4) is 0 Å². The topological polar surface area (TPSA) is 627 Å². The van der Waals surface area contributed by atoms with Crippen molar-refractivity contribution >= 4 is 146 Å². The van der Waals surface area contributed by atoms with Crippen molar-refractivity contribution in [2.45, 2.75) is 131 Å². The number of hydrogen-bond donors (Lipinski definition) is 11. The number of aromatic carboxylic acids is 2. The van der Waals surface area contributed by atoms with Crippen LogP contribution in [0.15, 0.2) is 215 Å². The number of nitrogen functional groups attached to an aromatic ring is 3. The normalized spacial score (nSPS) is 9.87. The van der Waals surface area contributed by atoms with E-state index in [2.05, 4.69) is 75.6 Å². The van der Waals surface area contributed by atoms with Crippen LogP contribution in [0.25, 0.3) is 0 Å². The highest BCUT2D eigenvalue weighted by Crippen LogP contribution is 2.27. The Bertz CT molecular complexity index is 5060. The second-order valence-electron chi connectivity index (χ2n) is 25.4. The van der Waals surface area contributed by atoms with Crippen LogP contribution in [0.2, 0.25) is 0 Å². The molecule has 42 nitrogen and oxygen atoms in total. The van der Waals surface area contributed by atoms with Crippen LogP contribution in [0.5, 0.6) is 5.75 Å². The van der Waals surface area contributed by atoms with E-state index >= 15 is 0 Å². The van der Waals surface area contributed by atoms with Crippen molar-refractivity contribution in [3.8, 4) is 5.75 Å². The maximum absolute atomic E-state index is 12.3. The number of hydrogen-bond acceptors (Lipinski definition) is 35. The summed E-state index contributed by atoms with van der Waals surface area (Å²) in [6, 6.07) is 52.6. The Morgan fingerprint density at radius 2 is 0.701 bits per heavy atom. The second kappa shape index (κ2) is 68.4. The fourth-order valence-electron chi connectivity index (χ4n) is 9.61. The molecule has 134 heavy (non-hydrogen) atoms. The summed E-state index contributed by atoms with van der Waals surface area (Å²) >= 11 is 0. The summed E-state index contributed by atoms with van der Waals surface area (Å²) in [6.45, 7) is 18.0. The number of carbonyl (C=O) groups is 13. The minimum absolute atomic E-state index is 0. The van der Waals surface area contributed by atoms with E-state index < -0.39 is 98.7 Å². The average molecular weight is 1870 g/mol. The number of nitrogens with two attached hydrogens (primary N) is 3. The van der Waals surface area contributed by atoms with Crippen LogP contribution in [0, 0.1) is 26.1 Å². The van der Waals surface area contributed by atoms with E-state index in [4.69, 9.17) is 60.9 Å². The Balaban J connectivity index is -0.00000155. The summed E-state index contributed by atoms with van der Waals surface area (Å²) < 4.78 is 37.7. The Morgan fingerprint density at radius 3 is 1.01 bits per heavy atom. The highest BCUT2D eigenvalue weighted by atomic mass is 17.0. The van der Waals surface area contributed by atoms with Gasteiger partial charge in [-0.1, -0.05) is 92.1 Å². The molecule has 8 aromatic rings. The Labute approximate surface area is 775 Å². The molecule has 0 aliphatic carbocycles. The number of nitro groups is 1. The number of benzene rings is 8. The number of carboxylic acid groups (broad SMARTS) is 3. The van der Waals surface area contributed by atoms with E-state index in [1.807, 2.05) is 18.2 Å². The van der Waals surface area contributed by atoms with E-state index in [0.717, 1.165) is 19.3 Å². The molecule has 8 aromatic carbocycles. The third-order valence-corrected chi connectivity index (χ3v) is 15.8. The summed E-state index contributed by atoms with van der Waals surface area (Å²) in [4.78, 5) is 173. The highest BCUT2D eigenvalue weighted by Gasteiger charge is 2.27. The highest BCUT2D eigenvalue weighted by molar-refractivity contribution is 6.63. The summed E-state index contributed by atoms with van der Waals surface area (Å²) in [5, 5.41) is 62.4. The van der Waals surface area contributed by atoms with E-state index in [1.54, 1.807) is 135 Å². The number of ether oxygens (including phenoxy) is 8. The van der Waals surface area contributed by atoms with Gasteiger partial charge < -0.3 is 81.0 Å². The lowest BCUT2D eigenvalue weighted by atomic mass is 9.89. The SMILES string of the molecule is C.C.C.C.CCC(CCC(C)C(=O)O)c1ccccc1.CCOC(=O)C(=NNc1ccc(C(=O)Nc2cccc(N)c2)cc1)C(=O)OCC.CCOC(=O)C(=NNc1ccc(C(=O)Nc2cccc([N+](=O)[O-])c2)cc1)C(=O)OCC.CCOC(=O)C(=NNc1ccc(C(=O)O)cc1)C(=O)OCC.CCOC(=O)CC(=O)OCC.Nc1ccc(C(=O)O)cc1.Nc1cccc(O[N+](=O)[O-])c1. The molecule has 0 saturated heterocycles. The summed E-state index contributed by atoms with van der Waals surface area (Å²) in [6.07, 6.45) is 2.48. The van der Waals surface area contributed by atoms with E-state index in [-0.39, 0.29) is 135 Å². The monoisotopic (exact) mass is 1870 g/mol. The van der Waals surface area contributed by atoms with Gasteiger partial charge in [-0.15, -0.1) is 10.1 Å². The molecule has 0 saturated carbocycles. The zero-order valence-corrected chi connectivity index (χ0v) is 72.6. The predicted octanol–water partition coefficient (Wildman–Crippen LogP) is 15.0. The molecule has 0 fully saturated rings. The zero-order valence-electron chi connectivity index (χ0n) is 72.6. The van der Waals surface area contributed by atoms with Crippen molar-refractivity contribution in [2.24, 2.45) is 21.2 Å². The van der Waals surface area contributed by atoms with Crippen LogP contribution in [-0.4, -0.2) is 173 Å². The molecular weight excluding hydrogens is 1750 g/mol.